The third-order valence-electron chi connectivity index (χ3n) is 6.02. The van der Waals surface area contributed by atoms with Gasteiger partial charge < -0.3 is 9.64 Å². The van der Waals surface area contributed by atoms with Gasteiger partial charge in [0.1, 0.15) is 5.82 Å². The maximum Gasteiger partial charge on any atom is 0.223 e. The second-order valence-corrected chi connectivity index (χ2v) is 9.98. The van der Waals surface area contributed by atoms with Gasteiger partial charge in [-0.25, -0.2) is 4.39 Å². The molecule has 2 heterocycles. The highest BCUT2D eigenvalue weighted by molar-refractivity contribution is 5.76. The minimum atomic E-state index is -0.120. The molecule has 2 fully saturated rings. The molecular weight excluding hydrogens is 367 g/mol. The van der Waals surface area contributed by atoms with Crippen molar-refractivity contribution in [2.75, 3.05) is 32.8 Å². The molecule has 0 spiro atoms. The van der Waals surface area contributed by atoms with E-state index in [2.05, 4.69) is 30.6 Å². The molecule has 0 radical (unpaired) electrons. The van der Waals surface area contributed by atoms with Crippen LogP contribution in [0.25, 0.3) is 0 Å². The summed E-state index contributed by atoms with van der Waals surface area (Å²) in [6, 6.07) is 7.04. The predicted octanol–water partition coefficient (Wildman–Crippen LogP) is 4.48. The lowest BCUT2D eigenvalue weighted by Crippen LogP contribution is -2.44. The molecule has 1 aromatic rings. The van der Waals surface area contributed by atoms with Crippen molar-refractivity contribution >= 4 is 5.91 Å². The average Bonchev–Trinajstić information content (AvgIpc) is 3.16. The molecular formula is C24H37FN2O2. The lowest BCUT2D eigenvalue weighted by molar-refractivity contribution is -0.135. The number of halogens is 1. The Hall–Kier alpha value is -1.46. The van der Waals surface area contributed by atoms with Gasteiger partial charge in [0, 0.05) is 38.2 Å². The number of ether oxygens (including phenoxy) is 1. The van der Waals surface area contributed by atoms with Gasteiger partial charge in [-0.2, -0.15) is 0 Å². The van der Waals surface area contributed by atoms with Gasteiger partial charge in [0.25, 0.3) is 0 Å². The Balaban J connectivity index is 1.52. The van der Waals surface area contributed by atoms with Crippen LogP contribution in [-0.4, -0.2) is 54.6 Å². The predicted molar refractivity (Wildman–Crippen MR) is 114 cm³/mol. The van der Waals surface area contributed by atoms with Crippen molar-refractivity contribution in [1.82, 2.24) is 9.80 Å². The van der Waals surface area contributed by atoms with Gasteiger partial charge in [0.05, 0.1) is 6.10 Å². The fraction of sp³-hybridized carbons (Fsp3) is 0.708. The van der Waals surface area contributed by atoms with Crippen LogP contribution in [0.1, 0.15) is 58.4 Å². The largest absolute Gasteiger partial charge is 0.376 e. The molecule has 1 aromatic carbocycles. The molecule has 0 N–H and O–H groups in total. The van der Waals surface area contributed by atoms with Gasteiger partial charge >= 0.3 is 0 Å². The van der Waals surface area contributed by atoms with E-state index >= 15 is 0 Å². The Kier molecular flexibility index (Phi) is 7.69. The van der Waals surface area contributed by atoms with Crippen molar-refractivity contribution in [2.45, 2.75) is 65.5 Å². The average molecular weight is 405 g/mol. The van der Waals surface area contributed by atoms with Crippen molar-refractivity contribution in [1.29, 1.82) is 0 Å². The molecule has 4 nitrogen and oxygen atoms in total. The van der Waals surface area contributed by atoms with Gasteiger partial charge in [-0.1, -0.05) is 39.0 Å². The van der Waals surface area contributed by atoms with Crippen molar-refractivity contribution in [3.63, 3.8) is 0 Å². The van der Waals surface area contributed by atoms with E-state index in [1.54, 1.807) is 6.07 Å². The van der Waals surface area contributed by atoms with Crippen LogP contribution in [0.4, 0.5) is 4.39 Å². The Morgan fingerprint density at radius 3 is 2.52 bits per heavy atom. The molecule has 2 aliphatic heterocycles. The number of piperidine rings is 1. The molecule has 162 valence electrons. The Morgan fingerprint density at radius 1 is 1.17 bits per heavy atom. The molecule has 0 saturated carbocycles. The van der Waals surface area contributed by atoms with E-state index in [0.29, 0.717) is 18.9 Å². The highest BCUT2D eigenvalue weighted by Crippen LogP contribution is 2.25. The highest BCUT2D eigenvalue weighted by Gasteiger charge is 2.29. The summed E-state index contributed by atoms with van der Waals surface area (Å²) < 4.78 is 19.7. The Bertz CT molecular complexity index is 659. The lowest BCUT2D eigenvalue weighted by atomic mass is 9.90. The van der Waals surface area contributed by atoms with E-state index in [4.69, 9.17) is 4.74 Å². The summed E-state index contributed by atoms with van der Waals surface area (Å²) in [5.41, 5.74) is 0.765. The van der Waals surface area contributed by atoms with Crippen LogP contribution in [0.5, 0.6) is 0 Å². The number of nitrogens with zero attached hydrogens (tertiary/aromatic N) is 2. The number of carbonyl (C=O) groups is 1. The maximum atomic E-state index is 13.9. The molecule has 2 aliphatic rings. The van der Waals surface area contributed by atoms with Crippen LogP contribution in [0.2, 0.25) is 0 Å². The van der Waals surface area contributed by atoms with Crippen molar-refractivity contribution in [3.05, 3.63) is 35.6 Å². The third-order valence-corrected chi connectivity index (χ3v) is 6.02. The van der Waals surface area contributed by atoms with Gasteiger partial charge in [0.2, 0.25) is 5.91 Å². The number of amides is 1. The lowest BCUT2D eigenvalue weighted by Gasteiger charge is -2.36. The number of rotatable bonds is 7. The van der Waals surface area contributed by atoms with Crippen molar-refractivity contribution < 1.29 is 13.9 Å². The number of carbonyl (C=O) groups excluding carboxylic acids is 1. The van der Waals surface area contributed by atoms with Crippen LogP contribution in [0.3, 0.4) is 0 Å². The minimum Gasteiger partial charge on any atom is -0.376 e. The highest BCUT2D eigenvalue weighted by atomic mass is 19.1. The molecule has 1 atom stereocenters. The van der Waals surface area contributed by atoms with Gasteiger partial charge in [-0.15, -0.1) is 0 Å². The van der Waals surface area contributed by atoms with Crippen LogP contribution < -0.4 is 0 Å². The molecule has 1 amide bonds. The second kappa shape index (κ2) is 10.0. The summed E-state index contributed by atoms with van der Waals surface area (Å²) in [5.74, 6) is 0.643. The molecule has 0 bridgehead atoms. The zero-order valence-electron chi connectivity index (χ0n) is 18.3. The summed E-state index contributed by atoms with van der Waals surface area (Å²) in [5, 5.41) is 0. The molecule has 29 heavy (non-hydrogen) atoms. The van der Waals surface area contributed by atoms with E-state index in [1.165, 1.54) is 6.07 Å². The molecule has 0 unspecified atom stereocenters. The standard InChI is InChI=1S/C24H37FN2O2/c1-24(2,3)15-23(28)27(18-21-8-6-14-29-21)16-19-10-12-26(13-11-19)17-20-7-4-5-9-22(20)25/h4-5,7,9,19,21H,6,8,10-18H2,1-3H3/t21-/m1/s1. The number of hydrogen-bond acceptors (Lipinski definition) is 3. The first-order chi connectivity index (χ1) is 13.8. The van der Waals surface area contributed by atoms with E-state index in [1.807, 2.05) is 12.1 Å². The van der Waals surface area contributed by atoms with Gasteiger partial charge in [-0.05, 0) is 56.2 Å². The first-order valence-electron chi connectivity index (χ1n) is 11.2. The number of hydrogen-bond donors (Lipinski definition) is 0. The first-order valence-corrected chi connectivity index (χ1v) is 11.2. The topological polar surface area (TPSA) is 32.8 Å². The summed E-state index contributed by atoms with van der Waals surface area (Å²) in [4.78, 5) is 17.4. The SMILES string of the molecule is CC(C)(C)CC(=O)N(CC1CCN(Cc2ccccc2F)CC1)C[C@H]1CCCO1. The molecule has 2 saturated heterocycles. The van der Waals surface area contributed by atoms with Crippen LogP contribution in [0, 0.1) is 17.2 Å². The van der Waals surface area contributed by atoms with Gasteiger partial charge in [0.15, 0.2) is 0 Å². The normalized spacial score (nSPS) is 21.4. The summed E-state index contributed by atoms with van der Waals surface area (Å²) >= 11 is 0. The smallest absolute Gasteiger partial charge is 0.223 e. The quantitative estimate of drug-likeness (QED) is 0.672. The second-order valence-electron chi connectivity index (χ2n) is 9.98. The van der Waals surface area contributed by atoms with Crippen molar-refractivity contribution in [2.24, 2.45) is 11.3 Å². The van der Waals surface area contributed by atoms with Crippen LogP contribution >= 0.6 is 0 Å². The van der Waals surface area contributed by atoms with Crippen LogP contribution in [0.15, 0.2) is 24.3 Å². The Morgan fingerprint density at radius 2 is 1.90 bits per heavy atom. The molecule has 0 aliphatic carbocycles. The zero-order valence-corrected chi connectivity index (χ0v) is 18.3. The summed E-state index contributed by atoms with van der Waals surface area (Å²) in [6.07, 6.45) is 5.03. The fourth-order valence-electron chi connectivity index (χ4n) is 4.38. The zero-order chi connectivity index (χ0) is 20.9. The molecule has 5 heteroatoms. The van der Waals surface area contributed by atoms with Crippen LogP contribution in [-0.2, 0) is 16.1 Å². The molecule has 3 rings (SSSR count). The fourth-order valence-corrected chi connectivity index (χ4v) is 4.38. The summed E-state index contributed by atoms with van der Waals surface area (Å²) in [7, 11) is 0. The summed E-state index contributed by atoms with van der Waals surface area (Å²) in [6.45, 7) is 11.3. The van der Waals surface area contributed by atoms with E-state index in [-0.39, 0.29) is 23.2 Å². The third kappa shape index (κ3) is 7.07. The van der Waals surface area contributed by atoms with E-state index < -0.39 is 0 Å². The van der Waals surface area contributed by atoms with Crippen molar-refractivity contribution in [3.8, 4) is 0 Å². The minimum absolute atomic E-state index is 0.00497. The Labute approximate surface area is 175 Å². The maximum absolute atomic E-state index is 13.9. The van der Waals surface area contributed by atoms with E-state index in [9.17, 15) is 9.18 Å². The van der Waals surface area contributed by atoms with Gasteiger partial charge in [-0.3, -0.25) is 9.69 Å². The van der Waals surface area contributed by atoms with E-state index in [0.717, 1.165) is 64.0 Å². The first kappa shape index (κ1) is 22.2. The monoisotopic (exact) mass is 404 g/mol. The molecule has 0 aromatic heterocycles. The number of likely N-dealkylation sites (tertiary alicyclic amines) is 1. The number of benzene rings is 1.